The van der Waals surface area contributed by atoms with Gasteiger partial charge >= 0.3 is 0 Å². The summed E-state index contributed by atoms with van der Waals surface area (Å²) in [6.45, 7) is 5.74. The number of hydrogen-bond donors (Lipinski definition) is 1. The highest BCUT2D eigenvalue weighted by Gasteiger charge is 2.20. The van der Waals surface area contributed by atoms with Crippen molar-refractivity contribution in [1.29, 1.82) is 0 Å². The molecule has 0 heterocycles. The molecular formula is C16H18O. The first-order valence-electron chi connectivity index (χ1n) is 5.88. The van der Waals surface area contributed by atoms with Gasteiger partial charge in [-0.1, -0.05) is 48.5 Å². The molecule has 1 nitrogen and oxygen atoms in total. The Balaban J connectivity index is 2.65. The fourth-order valence-corrected chi connectivity index (χ4v) is 2.13. The van der Waals surface area contributed by atoms with Crippen molar-refractivity contribution in [3.8, 4) is 11.1 Å². The van der Waals surface area contributed by atoms with Crippen molar-refractivity contribution >= 4 is 0 Å². The van der Waals surface area contributed by atoms with Crippen LogP contribution in [0.4, 0.5) is 0 Å². The van der Waals surface area contributed by atoms with Gasteiger partial charge in [0.05, 0.1) is 5.60 Å². The van der Waals surface area contributed by atoms with E-state index in [1.807, 2.05) is 44.2 Å². The van der Waals surface area contributed by atoms with Crippen LogP contribution in [0.1, 0.15) is 25.0 Å². The fourth-order valence-electron chi connectivity index (χ4n) is 2.13. The van der Waals surface area contributed by atoms with Gasteiger partial charge in [0.2, 0.25) is 0 Å². The zero-order valence-electron chi connectivity index (χ0n) is 10.6. The molecule has 2 aromatic rings. The van der Waals surface area contributed by atoms with Crippen molar-refractivity contribution < 1.29 is 5.11 Å². The normalized spacial score (nSPS) is 11.5. The molecule has 0 aliphatic heterocycles. The zero-order valence-corrected chi connectivity index (χ0v) is 10.6. The highest BCUT2D eigenvalue weighted by molar-refractivity contribution is 5.71. The van der Waals surface area contributed by atoms with E-state index in [1.54, 1.807) is 0 Å². The number of benzene rings is 2. The molecule has 0 saturated carbocycles. The quantitative estimate of drug-likeness (QED) is 0.823. The lowest BCUT2D eigenvalue weighted by Crippen LogP contribution is -2.16. The van der Waals surface area contributed by atoms with Crippen molar-refractivity contribution in [1.82, 2.24) is 0 Å². The average Bonchev–Trinajstić information content (AvgIpc) is 2.28. The van der Waals surface area contributed by atoms with E-state index in [2.05, 4.69) is 25.1 Å². The Morgan fingerprint density at radius 3 is 1.94 bits per heavy atom. The molecule has 0 saturated heterocycles. The van der Waals surface area contributed by atoms with Crippen LogP contribution < -0.4 is 0 Å². The molecule has 0 aliphatic rings. The Morgan fingerprint density at radius 2 is 1.35 bits per heavy atom. The smallest absolute Gasteiger partial charge is 0.0846 e. The van der Waals surface area contributed by atoms with Crippen molar-refractivity contribution in [2.24, 2.45) is 0 Å². The maximum absolute atomic E-state index is 10.2. The van der Waals surface area contributed by atoms with E-state index in [-0.39, 0.29) is 0 Å². The summed E-state index contributed by atoms with van der Waals surface area (Å²) in [6.07, 6.45) is 0. The van der Waals surface area contributed by atoms with Crippen LogP contribution in [0, 0.1) is 6.92 Å². The van der Waals surface area contributed by atoms with Gasteiger partial charge in [0.15, 0.2) is 0 Å². The molecule has 0 radical (unpaired) electrons. The van der Waals surface area contributed by atoms with Crippen LogP contribution in [0.15, 0.2) is 48.5 Å². The zero-order chi connectivity index (χ0) is 12.5. The molecule has 0 aromatic heterocycles. The Morgan fingerprint density at radius 1 is 0.824 bits per heavy atom. The van der Waals surface area contributed by atoms with E-state index in [0.717, 1.165) is 11.1 Å². The predicted molar refractivity (Wildman–Crippen MR) is 71.9 cm³/mol. The number of hydrogen-bond acceptors (Lipinski definition) is 1. The predicted octanol–water partition coefficient (Wildman–Crippen LogP) is 3.89. The van der Waals surface area contributed by atoms with Crippen LogP contribution in [0.3, 0.4) is 0 Å². The lowest BCUT2D eigenvalue weighted by molar-refractivity contribution is 0.0792. The molecule has 0 amide bonds. The second kappa shape index (κ2) is 4.34. The first-order chi connectivity index (χ1) is 8.00. The van der Waals surface area contributed by atoms with Gasteiger partial charge < -0.3 is 5.11 Å². The molecule has 0 spiro atoms. The van der Waals surface area contributed by atoms with Gasteiger partial charge in [-0.15, -0.1) is 0 Å². The highest BCUT2D eigenvalue weighted by Crippen LogP contribution is 2.32. The standard InChI is InChI=1S/C16H18O/c1-12-8-4-5-9-13(12)14-10-6-7-11-15(14)16(2,3)17/h4-11,17H,1-3H3. The summed E-state index contributed by atoms with van der Waals surface area (Å²) in [5, 5.41) is 10.2. The van der Waals surface area contributed by atoms with Crippen molar-refractivity contribution in [2.75, 3.05) is 0 Å². The maximum Gasteiger partial charge on any atom is 0.0846 e. The van der Waals surface area contributed by atoms with Gasteiger partial charge in [-0.2, -0.15) is 0 Å². The van der Waals surface area contributed by atoms with Gasteiger partial charge in [-0.25, -0.2) is 0 Å². The summed E-state index contributed by atoms with van der Waals surface area (Å²) in [5.74, 6) is 0. The Labute approximate surface area is 103 Å². The van der Waals surface area contributed by atoms with Crippen LogP contribution in [-0.4, -0.2) is 5.11 Å². The monoisotopic (exact) mass is 226 g/mol. The van der Waals surface area contributed by atoms with Gasteiger partial charge in [0.1, 0.15) is 0 Å². The summed E-state index contributed by atoms with van der Waals surface area (Å²) < 4.78 is 0. The second-order valence-electron chi connectivity index (χ2n) is 4.92. The van der Waals surface area contributed by atoms with Crippen LogP contribution in [0.25, 0.3) is 11.1 Å². The molecule has 0 fully saturated rings. The third-order valence-corrected chi connectivity index (χ3v) is 3.02. The van der Waals surface area contributed by atoms with E-state index >= 15 is 0 Å². The molecule has 2 aromatic carbocycles. The van der Waals surface area contributed by atoms with Crippen molar-refractivity contribution in [3.63, 3.8) is 0 Å². The van der Waals surface area contributed by atoms with Crippen molar-refractivity contribution in [2.45, 2.75) is 26.4 Å². The Bertz CT molecular complexity index is 521. The molecular weight excluding hydrogens is 208 g/mol. The topological polar surface area (TPSA) is 20.2 Å². The third kappa shape index (κ3) is 2.40. The SMILES string of the molecule is Cc1ccccc1-c1ccccc1C(C)(C)O. The van der Waals surface area contributed by atoms with Gasteiger partial charge in [0, 0.05) is 0 Å². The largest absolute Gasteiger partial charge is 0.386 e. The van der Waals surface area contributed by atoms with Crippen LogP contribution in [0.2, 0.25) is 0 Å². The van der Waals surface area contributed by atoms with Gasteiger partial charge in [-0.05, 0) is 43.0 Å². The number of aliphatic hydroxyl groups is 1. The maximum atomic E-state index is 10.2. The van der Waals surface area contributed by atoms with Gasteiger partial charge in [-0.3, -0.25) is 0 Å². The minimum Gasteiger partial charge on any atom is -0.386 e. The first kappa shape index (κ1) is 11.9. The molecule has 2 rings (SSSR count). The Hall–Kier alpha value is -1.60. The fraction of sp³-hybridized carbons (Fsp3) is 0.250. The molecule has 0 aliphatic carbocycles. The third-order valence-electron chi connectivity index (χ3n) is 3.02. The van der Waals surface area contributed by atoms with E-state index < -0.39 is 5.60 Å². The lowest BCUT2D eigenvalue weighted by Gasteiger charge is -2.22. The van der Waals surface area contributed by atoms with E-state index in [0.29, 0.717) is 0 Å². The summed E-state index contributed by atoms with van der Waals surface area (Å²) >= 11 is 0. The molecule has 0 atom stereocenters. The molecule has 1 N–H and O–H groups in total. The van der Waals surface area contributed by atoms with E-state index in [1.165, 1.54) is 11.1 Å². The lowest BCUT2D eigenvalue weighted by atomic mass is 9.88. The summed E-state index contributed by atoms with van der Waals surface area (Å²) in [6, 6.07) is 16.3. The minimum atomic E-state index is -0.821. The average molecular weight is 226 g/mol. The van der Waals surface area contributed by atoms with E-state index in [4.69, 9.17) is 0 Å². The summed E-state index contributed by atoms with van der Waals surface area (Å²) in [4.78, 5) is 0. The molecule has 0 bridgehead atoms. The summed E-state index contributed by atoms with van der Waals surface area (Å²) in [5.41, 5.74) is 3.67. The number of aryl methyl sites for hydroxylation is 1. The minimum absolute atomic E-state index is 0.821. The Kier molecular flexibility index (Phi) is 3.03. The van der Waals surface area contributed by atoms with Gasteiger partial charge in [0.25, 0.3) is 0 Å². The number of rotatable bonds is 2. The molecule has 0 unspecified atom stereocenters. The molecule has 1 heteroatoms. The van der Waals surface area contributed by atoms with E-state index in [9.17, 15) is 5.11 Å². The molecule has 88 valence electrons. The van der Waals surface area contributed by atoms with Crippen LogP contribution in [-0.2, 0) is 5.60 Å². The highest BCUT2D eigenvalue weighted by atomic mass is 16.3. The summed E-state index contributed by atoms with van der Waals surface area (Å²) in [7, 11) is 0. The molecule has 17 heavy (non-hydrogen) atoms. The van der Waals surface area contributed by atoms with Crippen LogP contribution in [0.5, 0.6) is 0 Å². The van der Waals surface area contributed by atoms with Crippen molar-refractivity contribution in [3.05, 3.63) is 59.7 Å². The second-order valence-corrected chi connectivity index (χ2v) is 4.92. The van der Waals surface area contributed by atoms with Crippen LogP contribution >= 0.6 is 0 Å². The first-order valence-corrected chi connectivity index (χ1v) is 5.88.